The maximum Gasteiger partial charge on any atom is 0.313 e. The van der Waals surface area contributed by atoms with E-state index < -0.39 is 5.25 Å². The molecule has 0 aliphatic heterocycles. The van der Waals surface area contributed by atoms with Crippen molar-refractivity contribution in [3.63, 3.8) is 0 Å². The topological polar surface area (TPSA) is 105 Å². The fraction of sp³-hybridized carbons (Fsp3) is 0.444. The van der Waals surface area contributed by atoms with Gasteiger partial charge in [0, 0.05) is 18.8 Å². The first kappa shape index (κ1) is 21.5. The molecule has 0 aliphatic rings. The van der Waals surface area contributed by atoms with E-state index in [9.17, 15) is 9.59 Å². The summed E-state index contributed by atoms with van der Waals surface area (Å²) in [6.45, 7) is 3.82. The molecule has 28 heavy (non-hydrogen) atoms. The van der Waals surface area contributed by atoms with E-state index in [0.29, 0.717) is 34.8 Å². The first-order valence-electron chi connectivity index (χ1n) is 8.63. The van der Waals surface area contributed by atoms with Crippen LogP contribution in [0, 0.1) is 0 Å². The highest BCUT2D eigenvalue weighted by molar-refractivity contribution is 8.00. The van der Waals surface area contributed by atoms with Crippen molar-refractivity contribution in [1.82, 2.24) is 14.8 Å². The lowest BCUT2D eigenvalue weighted by Gasteiger charge is -2.13. The second-order valence-electron chi connectivity index (χ2n) is 5.76. The van der Waals surface area contributed by atoms with E-state index in [0.717, 1.165) is 0 Å². The van der Waals surface area contributed by atoms with Crippen LogP contribution in [0.15, 0.2) is 23.4 Å². The van der Waals surface area contributed by atoms with Crippen LogP contribution in [0.4, 0.5) is 5.69 Å². The van der Waals surface area contributed by atoms with E-state index >= 15 is 0 Å². The lowest BCUT2D eigenvalue weighted by molar-refractivity contribution is -0.142. The van der Waals surface area contributed by atoms with Crippen LogP contribution in [0.3, 0.4) is 0 Å². The number of carbonyl (C=O) groups is 2. The molecule has 0 unspecified atom stereocenters. The highest BCUT2D eigenvalue weighted by Crippen LogP contribution is 2.30. The summed E-state index contributed by atoms with van der Waals surface area (Å²) in [5.74, 6) is 1.02. The van der Waals surface area contributed by atoms with Gasteiger partial charge in [-0.05, 0) is 26.0 Å². The second-order valence-corrected chi connectivity index (χ2v) is 7.07. The van der Waals surface area contributed by atoms with E-state index in [1.165, 1.54) is 18.9 Å². The molecule has 2 aromatic rings. The van der Waals surface area contributed by atoms with Gasteiger partial charge in [-0.25, -0.2) is 0 Å². The van der Waals surface area contributed by atoms with Crippen LogP contribution in [0.25, 0.3) is 0 Å². The third-order valence-corrected chi connectivity index (χ3v) is 4.97. The largest absolute Gasteiger partial charge is 0.493 e. The van der Waals surface area contributed by atoms with Crippen molar-refractivity contribution < 1.29 is 23.8 Å². The molecular formula is C18H24N4O5S. The number of methoxy groups -OCH3 is 2. The number of ether oxygens (including phenoxy) is 3. The number of anilines is 1. The second kappa shape index (κ2) is 9.98. The summed E-state index contributed by atoms with van der Waals surface area (Å²) in [6.07, 6.45) is 0.0319. The molecule has 9 nitrogen and oxygen atoms in total. The average molecular weight is 408 g/mol. The summed E-state index contributed by atoms with van der Waals surface area (Å²) in [5, 5.41) is 11.0. The molecule has 10 heteroatoms. The number of benzene rings is 1. The predicted molar refractivity (Wildman–Crippen MR) is 105 cm³/mol. The Morgan fingerprint density at radius 1 is 1.21 bits per heavy atom. The summed E-state index contributed by atoms with van der Waals surface area (Å²) in [6, 6.07) is 5.14. The Labute approximate surface area is 167 Å². The van der Waals surface area contributed by atoms with Gasteiger partial charge >= 0.3 is 5.97 Å². The Morgan fingerprint density at radius 2 is 1.93 bits per heavy atom. The zero-order valence-corrected chi connectivity index (χ0v) is 17.3. The van der Waals surface area contributed by atoms with E-state index in [1.807, 2.05) is 0 Å². The number of esters is 1. The summed E-state index contributed by atoms with van der Waals surface area (Å²) in [5.41, 5.74) is 0.594. The summed E-state index contributed by atoms with van der Waals surface area (Å²) in [4.78, 5) is 24.1. The van der Waals surface area contributed by atoms with Gasteiger partial charge in [0.25, 0.3) is 0 Å². The van der Waals surface area contributed by atoms with Gasteiger partial charge in [0.15, 0.2) is 16.7 Å². The zero-order chi connectivity index (χ0) is 20.7. The van der Waals surface area contributed by atoms with E-state index in [1.54, 1.807) is 50.8 Å². The van der Waals surface area contributed by atoms with Crippen molar-refractivity contribution in [2.45, 2.75) is 30.7 Å². The van der Waals surface area contributed by atoms with Gasteiger partial charge in [-0.15, -0.1) is 10.2 Å². The third-order valence-electron chi connectivity index (χ3n) is 3.84. The van der Waals surface area contributed by atoms with Crippen molar-refractivity contribution in [2.75, 3.05) is 26.1 Å². The summed E-state index contributed by atoms with van der Waals surface area (Å²) >= 11 is 1.25. The first-order chi connectivity index (χ1) is 13.4. The van der Waals surface area contributed by atoms with Gasteiger partial charge in [0.1, 0.15) is 12.2 Å². The van der Waals surface area contributed by atoms with Gasteiger partial charge in [0.2, 0.25) is 5.91 Å². The molecule has 1 aromatic carbocycles. The highest BCUT2D eigenvalue weighted by Gasteiger charge is 2.20. The number of amides is 1. The van der Waals surface area contributed by atoms with Crippen LogP contribution in [0.5, 0.6) is 11.5 Å². The van der Waals surface area contributed by atoms with E-state index in [-0.39, 0.29) is 18.3 Å². The lowest BCUT2D eigenvalue weighted by atomic mass is 10.2. The number of nitrogens with zero attached hydrogens (tertiary/aromatic N) is 3. The number of hydrogen-bond donors (Lipinski definition) is 1. The standard InChI is InChI=1S/C18H24N4O5S/c1-6-27-16(23)10-15-20-21-18(22(15)3)28-11(2)17(24)19-12-7-8-13(25-4)14(9-12)26-5/h7-9,11H,6,10H2,1-5H3,(H,19,24)/t11-/m1/s1. The van der Waals surface area contributed by atoms with Crippen LogP contribution < -0.4 is 14.8 Å². The van der Waals surface area contributed by atoms with Crippen molar-refractivity contribution in [3.05, 3.63) is 24.0 Å². The Kier molecular flexibility index (Phi) is 7.68. The Hall–Kier alpha value is -2.75. The van der Waals surface area contributed by atoms with Crippen LogP contribution in [0.2, 0.25) is 0 Å². The minimum Gasteiger partial charge on any atom is -0.493 e. The SMILES string of the molecule is CCOC(=O)Cc1nnc(S[C@H](C)C(=O)Nc2ccc(OC)c(OC)c2)n1C. The number of nitrogens with one attached hydrogen (secondary N) is 1. The number of aromatic nitrogens is 3. The molecule has 1 heterocycles. The van der Waals surface area contributed by atoms with Gasteiger partial charge in [-0.1, -0.05) is 11.8 Å². The zero-order valence-electron chi connectivity index (χ0n) is 16.5. The molecule has 0 radical (unpaired) electrons. The smallest absolute Gasteiger partial charge is 0.313 e. The summed E-state index contributed by atoms with van der Waals surface area (Å²) in [7, 11) is 4.83. The quantitative estimate of drug-likeness (QED) is 0.497. The number of hydrogen-bond acceptors (Lipinski definition) is 8. The van der Waals surface area contributed by atoms with E-state index in [4.69, 9.17) is 14.2 Å². The van der Waals surface area contributed by atoms with Crippen LogP contribution >= 0.6 is 11.8 Å². The predicted octanol–water partition coefficient (Wildman–Crippen LogP) is 2.06. The minimum atomic E-state index is -0.438. The molecule has 0 spiro atoms. The average Bonchev–Trinajstić information content (AvgIpc) is 3.01. The lowest BCUT2D eigenvalue weighted by Crippen LogP contribution is -2.23. The molecule has 1 amide bonds. The van der Waals surface area contributed by atoms with Gasteiger partial charge in [-0.3, -0.25) is 9.59 Å². The fourth-order valence-electron chi connectivity index (χ4n) is 2.31. The summed E-state index contributed by atoms with van der Waals surface area (Å²) < 4.78 is 17.0. The van der Waals surface area contributed by atoms with Crippen molar-refractivity contribution in [2.24, 2.45) is 7.05 Å². The van der Waals surface area contributed by atoms with Crippen molar-refractivity contribution in [3.8, 4) is 11.5 Å². The molecular weight excluding hydrogens is 384 g/mol. The van der Waals surface area contributed by atoms with Crippen LogP contribution in [-0.2, 0) is 27.8 Å². The molecule has 0 saturated heterocycles. The minimum absolute atomic E-state index is 0.0319. The van der Waals surface area contributed by atoms with E-state index in [2.05, 4.69) is 15.5 Å². The normalized spacial score (nSPS) is 11.6. The van der Waals surface area contributed by atoms with Crippen LogP contribution in [-0.4, -0.2) is 52.7 Å². The van der Waals surface area contributed by atoms with Crippen molar-refractivity contribution in [1.29, 1.82) is 0 Å². The fourth-order valence-corrected chi connectivity index (χ4v) is 3.15. The molecule has 0 bridgehead atoms. The number of carbonyl (C=O) groups excluding carboxylic acids is 2. The Morgan fingerprint density at radius 3 is 2.57 bits per heavy atom. The molecule has 2 rings (SSSR count). The Balaban J connectivity index is 2.01. The molecule has 1 N–H and O–H groups in total. The van der Waals surface area contributed by atoms with Crippen molar-refractivity contribution >= 4 is 29.3 Å². The monoisotopic (exact) mass is 408 g/mol. The first-order valence-corrected chi connectivity index (χ1v) is 9.51. The van der Waals surface area contributed by atoms with Gasteiger partial charge in [-0.2, -0.15) is 0 Å². The maximum absolute atomic E-state index is 12.5. The number of rotatable bonds is 9. The molecule has 0 fully saturated rings. The highest BCUT2D eigenvalue weighted by atomic mass is 32.2. The van der Waals surface area contributed by atoms with Gasteiger partial charge < -0.3 is 24.1 Å². The maximum atomic E-state index is 12.5. The van der Waals surface area contributed by atoms with Crippen LogP contribution in [0.1, 0.15) is 19.7 Å². The third kappa shape index (κ3) is 5.38. The molecule has 152 valence electrons. The molecule has 1 aromatic heterocycles. The molecule has 1 atom stereocenters. The Bertz CT molecular complexity index is 839. The molecule has 0 aliphatic carbocycles. The molecule has 0 saturated carbocycles. The number of thioether (sulfide) groups is 1. The van der Waals surface area contributed by atoms with Gasteiger partial charge in [0.05, 0.1) is 26.1 Å².